The van der Waals surface area contributed by atoms with Gasteiger partial charge in [0, 0.05) is 18.6 Å². The highest BCUT2D eigenvalue weighted by Crippen LogP contribution is 2.50. The first-order chi connectivity index (χ1) is 14.5. The zero-order valence-corrected chi connectivity index (χ0v) is 17.9. The van der Waals surface area contributed by atoms with Gasteiger partial charge in [0.25, 0.3) is 0 Å². The Morgan fingerprint density at radius 1 is 0.933 bits per heavy atom. The van der Waals surface area contributed by atoms with E-state index in [1.807, 2.05) is 41.1 Å². The van der Waals surface area contributed by atoms with Gasteiger partial charge in [0.2, 0.25) is 11.2 Å². The lowest BCUT2D eigenvalue weighted by molar-refractivity contribution is -0.739. The number of ether oxygens (including phenoxy) is 4. The Kier molecular flexibility index (Phi) is 6.59. The Balaban J connectivity index is 2.25. The number of hydrogen-bond donors (Lipinski definition) is 0. The van der Waals surface area contributed by atoms with E-state index in [-0.39, 0.29) is 31.4 Å². The minimum Gasteiger partial charge on any atom is -0.496 e. The van der Waals surface area contributed by atoms with Crippen molar-refractivity contribution in [1.82, 2.24) is 0 Å². The van der Waals surface area contributed by atoms with Gasteiger partial charge in [-0.3, -0.25) is 9.59 Å². The average molecular weight is 414 g/mol. The van der Waals surface area contributed by atoms with Gasteiger partial charge in [0.1, 0.15) is 23.5 Å². The Hall–Kier alpha value is -3.09. The van der Waals surface area contributed by atoms with E-state index >= 15 is 0 Å². The molecule has 1 aliphatic rings. The summed E-state index contributed by atoms with van der Waals surface area (Å²) in [4.78, 5) is 25.0. The number of methoxy groups -OCH3 is 2. The zero-order chi connectivity index (χ0) is 21.7. The van der Waals surface area contributed by atoms with Crippen LogP contribution in [0.5, 0.6) is 11.5 Å². The van der Waals surface area contributed by atoms with Gasteiger partial charge >= 0.3 is 11.9 Å². The van der Waals surface area contributed by atoms with Gasteiger partial charge in [-0.05, 0) is 32.0 Å². The molecule has 30 heavy (non-hydrogen) atoms. The lowest BCUT2D eigenvalue weighted by Gasteiger charge is -2.26. The van der Waals surface area contributed by atoms with E-state index in [1.165, 1.54) is 0 Å². The fourth-order valence-corrected chi connectivity index (χ4v) is 4.26. The van der Waals surface area contributed by atoms with Crippen LogP contribution in [0.25, 0.3) is 11.3 Å². The summed E-state index contributed by atoms with van der Waals surface area (Å²) in [6.07, 6.45) is 2.47. The lowest BCUT2D eigenvalue weighted by Crippen LogP contribution is -2.56. The van der Waals surface area contributed by atoms with Crippen LogP contribution in [0.3, 0.4) is 0 Å². The van der Waals surface area contributed by atoms with Crippen LogP contribution >= 0.6 is 0 Å². The molecule has 1 atom stereocenters. The molecule has 0 aliphatic carbocycles. The smallest absolute Gasteiger partial charge is 0.313 e. The highest BCUT2D eigenvalue weighted by molar-refractivity contribution is 5.80. The SMILES string of the molecule is CCOC(=O)CCC1(CC(=O)OCC)c2c(OC)ccc(OC)c2-c2cccc[n+]21. The topological polar surface area (TPSA) is 74.9 Å². The molecule has 0 bridgehead atoms. The summed E-state index contributed by atoms with van der Waals surface area (Å²) in [6, 6.07) is 9.48. The van der Waals surface area contributed by atoms with Crippen LogP contribution in [-0.4, -0.2) is 39.4 Å². The van der Waals surface area contributed by atoms with Crippen LogP contribution in [0.15, 0.2) is 36.5 Å². The van der Waals surface area contributed by atoms with Gasteiger partial charge < -0.3 is 18.9 Å². The van der Waals surface area contributed by atoms with Crippen molar-refractivity contribution in [2.75, 3.05) is 27.4 Å². The van der Waals surface area contributed by atoms with Crippen LogP contribution in [0.1, 0.15) is 38.7 Å². The van der Waals surface area contributed by atoms with Crippen LogP contribution < -0.4 is 14.0 Å². The first-order valence-electron chi connectivity index (χ1n) is 10.1. The molecular formula is C23H28NO6+. The lowest BCUT2D eigenvalue weighted by atomic mass is 9.81. The fraction of sp³-hybridized carbons (Fsp3) is 0.435. The Morgan fingerprint density at radius 2 is 1.60 bits per heavy atom. The summed E-state index contributed by atoms with van der Waals surface area (Å²) < 4.78 is 23.8. The van der Waals surface area contributed by atoms with E-state index in [0.717, 1.165) is 16.8 Å². The number of esters is 2. The number of carbonyl (C=O) groups excluding carboxylic acids is 2. The Bertz CT molecular complexity index is 941. The number of rotatable bonds is 9. The molecule has 1 unspecified atom stereocenters. The maximum atomic E-state index is 12.7. The van der Waals surface area contributed by atoms with Crippen LogP contribution in [0, 0.1) is 0 Å². The van der Waals surface area contributed by atoms with Gasteiger partial charge in [-0.15, -0.1) is 0 Å². The second kappa shape index (κ2) is 9.15. The summed E-state index contributed by atoms with van der Waals surface area (Å²) >= 11 is 0. The molecule has 2 aromatic rings. The third kappa shape index (κ3) is 3.72. The maximum Gasteiger partial charge on any atom is 0.313 e. The maximum absolute atomic E-state index is 12.7. The molecule has 1 aromatic heterocycles. The number of pyridine rings is 1. The molecule has 0 amide bonds. The highest BCUT2D eigenvalue weighted by atomic mass is 16.5. The van der Waals surface area contributed by atoms with E-state index in [1.54, 1.807) is 28.1 Å². The largest absolute Gasteiger partial charge is 0.496 e. The normalized spacial score (nSPS) is 16.4. The molecule has 1 aliphatic heterocycles. The number of carbonyl (C=O) groups is 2. The predicted octanol–water partition coefficient (Wildman–Crippen LogP) is 3.01. The van der Waals surface area contributed by atoms with Gasteiger partial charge in [0.15, 0.2) is 6.20 Å². The van der Waals surface area contributed by atoms with Crippen molar-refractivity contribution in [1.29, 1.82) is 0 Å². The summed E-state index contributed by atoms with van der Waals surface area (Å²) in [5, 5.41) is 0. The zero-order valence-electron chi connectivity index (χ0n) is 17.9. The van der Waals surface area contributed by atoms with E-state index in [2.05, 4.69) is 0 Å². The Morgan fingerprint density at radius 3 is 2.27 bits per heavy atom. The quantitative estimate of drug-likeness (QED) is 0.464. The van der Waals surface area contributed by atoms with Crippen molar-refractivity contribution in [3.05, 3.63) is 42.1 Å². The van der Waals surface area contributed by atoms with Crippen molar-refractivity contribution >= 4 is 11.9 Å². The molecule has 3 rings (SSSR count). The molecular weight excluding hydrogens is 386 g/mol. The van der Waals surface area contributed by atoms with Gasteiger partial charge in [-0.25, -0.2) is 0 Å². The number of hydrogen-bond acceptors (Lipinski definition) is 6. The monoisotopic (exact) mass is 414 g/mol. The second-order valence-electron chi connectivity index (χ2n) is 6.99. The van der Waals surface area contributed by atoms with Crippen molar-refractivity contribution in [2.24, 2.45) is 0 Å². The minimum absolute atomic E-state index is 0.0540. The first-order valence-corrected chi connectivity index (χ1v) is 10.1. The molecule has 0 N–H and O–H groups in total. The minimum atomic E-state index is -0.870. The molecule has 0 saturated carbocycles. The number of benzene rings is 1. The highest BCUT2D eigenvalue weighted by Gasteiger charge is 2.55. The fourth-order valence-electron chi connectivity index (χ4n) is 4.26. The van der Waals surface area contributed by atoms with E-state index in [9.17, 15) is 9.59 Å². The van der Waals surface area contributed by atoms with Crippen LogP contribution in [-0.2, 0) is 24.6 Å². The molecule has 2 heterocycles. The van der Waals surface area contributed by atoms with Gasteiger partial charge in [0.05, 0.1) is 39.4 Å². The molecule has 1 aromatic carbocycles. The van der Waals surface area contributed by atoms with Crippen LogP contribution in [0.2, 0.25) is 0 Å². The van der Waals surface area contributed by atoms with E-state index < -0.39 is 5.54 Å². The third-order valence-electron chi connectivity index (χ3n) is 5.40. The first kappa shape index (κ1) is 21.6. The molecule has 0 spiro atoms. The summed E-state index contributed by atoms with van der Waals surface area (Å²) in [5.41, 5.74) is 1.68. The van der Waals surface area contributed by atoms with Crippen molar-refractivity contribution in [2.45, 2.75) is 38.6 Å². The predicted molar refractivity (Wildman–Crippen MR) is 109 cm³/mol. The number of aromatic nitrogens is 1. The molecule has 0 fully saturated rings. The molecule has 0 radical (unpaired) electrons. The number of nitrogens with zero attached hydrogens (tertiary/aromatic N) is 1. The van der Waals surface area contributed by atoms with Crippen molar-refractivity contribution in [3.63, 3.8) is 0 Å². The summed E-state index contributed by atoms with van der Waals surface area (Å²) in [6.45, 7) is 4.13. The standard InChI is InChI=1S/C23H28NO6/c1-5-29-19(25)12-13-23(15-20(26)30-6-2)22-18(28-4)11-10-17(27-3)21(22)16-9-7-8-14-24(16)23/h7-11,14H,5-6,12-13,15H2,1-4H3/q+1. The molecule has 0 saturated heterocycles. The number of fused-ring (bicyclic) bond motifs is 3. The summed E-state index contributed by atoms with van der Waals surface area (Å²) in [5.74, 6) is 0.644. The third-order valence-corrected chi connectivity index (χ3v) is 5.40. The second-order valence-corrected chi connectivity index (χ2v) is 6.99. The molecule has 160 valence electrons. The van der Waals surface area contributed by atoms with Crippen LogP contribution in [0.4, 0.5) is 0 Å². The van der Waals surface area contributed by atoms with Crippen molar-refractivity contribution < 1.29 is 33.1 Å². The molecule has 7 nitrogen and oxygen atoms in total. The Labute approximate surface area is 176 Å². The molecule has 7 heteroatoms. The van der Waals surface area contributed by atoms with Crippen molar-refractivity contribution in [3.8, 4) is 22.8 Å². The summed E-state index contributed by atoms with van der Waals surface area (Å²) in [7, 11) is 3.20. The van der Waals surface area contributed by atoms with E-state index in [4.69, 9.17) is 18.9 Å². The van der Waals surface area contributed by atoms with Gasteiger partial charge in [-0.2, -0.15) is 4.57 Å². The van der Waals surface area contributed by atoms with E-state index in [0.29, 0.717) is 24.5 Å². The van der Waals surface area contributed by atoms with Gasteiger partial charge in [-0.1, -0.05) is 0 Å². The average Bonchev–Trinajstić information content (AvgIpc) is 3.03.